The van der Waals surface area contributed by atoms with Crippen LogP contribution in [0.15, 0.2) is 30.6 Å². The van der Waals surface area contributed by atoms with Crippen molar-refractivity contribution in [3.05, 3.63) is 42.0 Å². The van der Waals surface area contributed by atoms with Crippen LogP contribution in [-0.2, 0) is 22.6 Å². The van der Waals surface area contributed by atoms with Gasteiger partial charge < -0.3 is 30.0 Å². The molecule has 3 N–H and O–H groups in total. The summed E-state index contributed by atoms with van der Waals surface area (Å²) in [6.07, 6.45) is 6.44. The van der Waals surface area contributed by atoms with Crippen LogP contribution in [-0.4, -0.2) is 60.1 Å². The highest BCUT2D eigenvalue weighted by Gasteiger charge is 2.21. The molecule has 1 aromatic carbocycles. The van der Waals surface area contributed by atoms with Gasteiger partial charge in [0.1, 0.15) is 30.0 Å². The molecule has 0 fully saturated rings. The maximum absolute atomic E-state index is 12.8. The quantitative estimate of drug-likeness (QED) is 0.586. The molecule has 0 saturated carbocycles. The smallest absolute Gasteiger partial charge is 0.255 e. The van der Waals surface area contributed by atoms with Crippen molar-refractivity contribution in [3.8, 4) is 11.5 Å². The molecule has 34 heavy (non-hydrogen) atoms. The first-order chi connectivity index (χ1) is 16.5. The van der Waals surface area contributed by atoms with E-state index in [0.717, 1.165) is 12.2 Å². The van der Waals surface area contributed by atoms with Gasteiger partial charge in [-0.2, -0.15) is 0 Å². The lowest BCUT2D eigenvalue weighted by Crippen LogP contribution is -2.47. The second-order valence-corrected chi connectivity index (χ2v) is 8.01. The first-order valence-electron chi connectivity index (χ1n) is 11.7. The molecule has 0 spiro atoms. The van der Waals surface area contributed by atoms with Crippen LogP contribution in [0.1, 0.15) is 48.8 Å². The lowest BCUT2D eigenvalue weighted by molar-refractivity contribution is -0.129. The maximum Gasteiger partial charge on any atom is 0.255 e. The van der Waals surface area contributed by atoms with E-state index >= 15 is 0 Å². The number of fused-ring (bicyclic) bond motifs is 1. The third kappa shape index (κ3) is 6.97. The lowest BCUT2D eigenvalue weighted by Gasteiger charge is -2.20. The number of methoxy groups -OCH3 is 1. The highest BCUT2D eigenvalue weighted by Crippen LogP contribution is 2.25. The zero-order valence-corrected chi connectivity index (χ0v) is 19.8. The number of amides is 3. The first-order valence-corrected chi connectivity index (χ1v) is 11.7. The van der Waals surface area contributed by atoms with Crippen molar-refractivity contribution in [2.24, 2.45) is 0 Å². The van der Waals surface area contributed by atoms with E-state index in [-0.39, 0.29) is 37.3 Å². The molecule has 0 unspecified atom stereocenters. The second kappa shape index (κ2) is 12.6. The van der Waals surface area contributed by atoms with Crippen LogP contribution in [0.4, 0.5) is 0 Å². The zero-order valence-electron chi connectivity index (χ0n) is 19.8. The minimum absolute atomic E-state index is 0.167. The van der Waals surface area contributed by atoms with Gasteiger partial charge >= 0.3 is 0 Å². The molecule has 1 aromatic heterocycles. The van der Waals surface area contributed by atoms with E-state index in [4.69, 9.17) is 9.47 Å². The molecule has 10 heteroatoms. The predicted octanol–water partition coefficient (Wildman–Crippen LogP) is 1.44. The van der Waals surface area contributed by atoms with Crippen molar-refractivity contribution in [3.63, 3.8) is 0 Å². The largest absolute Gasteiger partial charge is 0.497 e. The normalized spacial score (nSPS) is 17.4. The molecule has 0 aliphatic carbocycles. The fourth-order valence-corrected chi connectivity index (χ4v) is 3.78. The molecule has 184 valence electrons. The van der Waals surface area contributed by atoms with E-state index < -0.39 is 6.04 Å². The topological polar surface area (TPSA) is 124 Å². The SMILES string of the molecule is CCc1nccn1CCC(=O)N[C@H]1CCCCNC(=O)c2ccc(OC)cc2OCCNC1=O. The average molecular weight is 472 g/mol. The fraction of sp³-hybridized carbons (Fsp3) is 0.500. The van der Waals surface area contributed by atoms with Gasteiger partial charge in [-0.05, 0) is 31.4 Å². The van der Waals surface area contributed by atoms with Gasteiger partial charge in [0.2, 0.25) is 11.8 Å². The van der Waals surface area contributed by atoms with E-state index in [1.165, 1.54) is 7.11 Å². The third-order valence-electron chi connectivity index (χ3n) is 5.65. The average Bonchev–Trinajstić information content (AvgIpc) is 3.31. The van der Waals surface area contributed by atoms with Crippen molar-refractivity contribution in [2.45, 2.75) is 51.6 Å². The summed E-state index contributed by atoms with van der Waals surface area (Å²) in [6, 6.07) is 4.37. The number of rotatable bonds is 6. The van der Waals surface area contributed by atoms with Gasteiger partial charge in [0.25, 0.3) is 5.91 Å². The number of hydrogen-bond acceptors (Lipinski definition) is 6. The Morgan fingerprint density at radius 1 is 1.26 bits per heavy atom. The summed E-state index contributed by atoms with van der Waals surface area (Å²) in [5, 5.41) is 8.57. The Kier molecular flexibility index (Phi) is 9.30. The van der Waals surface area contributed by atoms with Crippen LogP contribution in [0, 0.1) is 0 Å². The van der Waals surface area contributed by atoms with Gasteiger partial charge in [-0.3, -0.25) is 14.4 Å². The summed E-state index contributed by atoms with van der Waals surface area (Å²) in [6.45, 7) is 3.37. The van der Waals surface area contributed by atoms with Crippen LogP contribution in [0.2, 0.25) is 0 Å². The van der Waals surface area contributed by atoms with Crippen molar-refractivity contribution in [1.29, 1.82) is 0 Å². The number of nitrogens with one attached hydrogen (secondary N) is 3. The molecule has 10 nitrogen and oxygen atoms in total. The highest BCUT2D eigenvalue weighted by atomic mass is 16.5. The Balaban J connectivity index is 1.59. The van der Waals surface area contributed by atoms with Crippen molar-refractivity contribution in [2.75, 3.05) is 26.8 Å². The maximum atomic E-state index is 12.8. The molecule has 1 aliphatic rings. The third-order valence-corrected chi connectivity index (χ3v) is 5.65. The number of aryl methyl sites for hydroxylation is 2. The number of hydrogen-bond donors (Lipinski definition) is 3. The van der Waals surface area contributed by atoms with Crippen molar-refractivity contribution >= 4 is 17.7 Å². The van der Waals surface area contributed by atoms with Crippen LogP contribution < -0.4 is 25.4 Å². The van der Waals surface area contributed by atoms with Crippen molar-refractivity contribution in [1.82, 2.24) is 25.5 Å². The van der Waals surface area contributed by atoms with Gasteiger partial charge in [0, 0.05) is 44.4 Å². The molecule has 0 bridgehead atoms. The van der Waals surface area contributed by atoms with Gasteiger partial charge in [-0.15, -0.1) is 0 Å². The summed E-state index contributed by atoms with van der Waals surface area (Å²) in [5.74, 6) is 1.21. The number of carbonyl (C=O) groups is 3. The van der Waals surface area contributed by atoms with E-state index in [9.17, 15) is 14.4 Å². The second-order valence-electron chi connectivity index (χ2n) is 8.01. The minimum Gasteiger partial charge on any atom is -0.497 e. The van der Waals surface area contributed by atoms with Crippen LogP contribution in [0.5, 0.6) is 11.5 Å². The van der Waals surface area contributed by atoms with Gasteiger partial charge in [0.15, 0.2) is 0 Å². The summed E-state index contributed by atoms with van der Waals surface area (Å²) in [5.41, 5.74) is 0.415. The molecule has 1 aliphatic heterocycles. The number of ether oxygens (including phenoxy) is 2. The number of nitrogens with zero attached hydrogens (tertiary/aromatic N) is 2. The van der Waals surface area contributed by atoms with Gasteiger partial charge in [-0.25, -0.2) is 4.98 Å². The minimum atomic E-state index is -0.646. The summed E-state index contributed by atoms with van der Waals surface area (Å²) < 4.78 is 12.9. The zero-order chi connectivity index (χ0) is 24.3. The Bertz CT molecular complexity index is 990. The lowest BCUT2D eigenvalue weighted by atomic mass is 10.1. The van der Waals surface area contributed by atoms with E-state index in [2.05, 4.69) is 20.9 Å². The molecule has 2 aromatic rings. The molecule has 3 rings (SSSR count). The Labute approximate surface area is 199 Å². The molecule has 1 atom stereocenters. The van der Waals surface area contributed by atoms with Crippen LogP contribution >= 0.6 is 0 Å². The van der Waals surface area contributed by atoms with E-state index in [1.54, 1.807) is 24.4 Å². The van der Waals surface area contributed by atoms with Crippen LogP contribution in [0.25, 0.3) is 0 Å². The number of aromatic nitrogens is 2. The monoisotopic (exact) mass is 471 g/mol. The Hall–Kier alpha value is -3.56. The van der Waals surface area contributed by atoms with E-state index in [0.29, 0.717) is 49.4 Å². The fourth-order valence-electron chi connectivity index (χ4n) is 3.78. The number of imidazole rings is 1. The molecule has 3 amide bonds. The standard InChI is InChI=1S/C24H33N5O5/c1-3-21-25-11-14-29(21)13-9-22(30)28-19-6-4-5-10-26-23(31)18-8-7-17(33-2)16-20(18)34-15-12-27-24(19)32/h7-8,11,14,16,19H,3-6,9-10,12-13,15H2,1-2H3,(H,26,31)(H,27,32)(H,28,30)/t19-/m0/s1. The predicted molar refractivity (Wildman–Crippen MR) is 126 cm³/mol. The Morgan fingerprint density at radius 2 is 2.12 bits per heavy atom. The summed E-state index contributed by atoms with van der Waals surface area (Å²) >= 11 is 0. The Morgan fingerprint density at radius 3 is 2.91 bits per heavy atom. The molecule has 2 heterocycles. The number of carbonyl (C=O) groups excluding carboxylic acids is 3. The highest BCUT2D eigenvalue weighted by molar-refractivity contribution is 5.97. The van der Waals surface area contributed by atoms with Crippen molar-refractivity contribution < 1.29 is 23.9 Å². The molecule has 0 radical (unpaired) electrons. The summed E-state index contributed by atoms with van der Waals surface area (Å²) in [4.78, 5) is 42.2. The van der Waals surface area contributed by atoms with E-state index in [1.807, 2.05) is 17.7 Å². The summed E-state index contributed by atoms with van der Waals surface area (Å²) in [7, 11) is 1.54. The molecule has 0 saturated heterocycles. The molecular formula is C24H33N5O5. The number of benzene rings is 1. The van der Waals surface area contributed by atoms with Gasteiger partial charge in [0.05, 0.1) is 19.2 Å². The van der Waals surface area contributed by atoms with Crippen LogP contribution in [0.3, 0.4) is 0 Å². The first kappa shape index (κ1) is 25.1. The van der Waals surface area contributed by atoms with Gasteiger partial charge in [-0.1, -0.05) is 6.92 Å². The molecular weight excluding hydrogens is 438 g/mol.